The maximum atomic E-state index is 11.7. The number of nitrogens with one attached hydrogen (secondary N) is 1. The second-order valence-electron chi connectivity index (χ2n) is 3.40. The Morgan fingerprint density at radius 3 is 2.82 bits per heavy atom. The molecular formula is C9H14N2O5S. The third kappa shape index (κ3) is 3.29. The summed E-state index contributed by atoms with van der Waals surface area (Å²) in [5.74, 6) is -0.665. The second-order valence-corrected chi connectivity index (χ2v) is 5.05. The SMILES string of the molecule is COC(=O)c1coc(S(=O)(=O)N[C@@H](C)CN)c1. The van der Waals surface area contributed by atoms with Gasteiger partial charge in [0, 0.05) is 18.7 Å². The predicted molar refractivity (Wildman–Crippen MR) is 58.9 cm³/mol. The molecule has 0 fully saturated rings. The van der Waals surface area contributed by atoms with Crippen molar-refractivity contribution in [3.63, 3.8) is 0 Å². The Balaban J connectivity index is 2.93. The molecule has 7 nitrogen and oxygen atoms in total. The third-order valence-corrected chi connectivity index (χ3v) is 3.43. The maximum absolute atomic E-state index is 11.7. The van der Waals surface area contributed by atoms with E-state index in [4.69, 9.17) is 10.2 Å². The zero-order valence-corrected chi connectivity index (χ0v) is 10.3. The third-order valence-electron chi connectivity index (χ3n) is 1.97. The lowest BCUT2D eigenvalue weighted by Crippen LogP contribution is -2.37. The fourth-order valence-corrected chi connectivity index (χ4v) is 2.25. The van der Waals surface area contributed by atoms with Gasteiger partial charge in [0.05, 0.1) is 12.7 Å². The molecule has 1 aromatic heterocycles. The minimum atomic E-state index is -3.80. The molecule has 0 aliphatic carbocycles. The zero-order chi connectivity index (χ0) is 13.1. The van der Waals surface area contributed by atoms with E-state index in [9.17, 15) is 13.2 Å². The highest BCUT2D eigenvalue weighted by atomic mass is 32.2. The van der Waals surface area contributed by atoms with Gasteiger partial charge in [0.2, 0.25) is 5.09 Å². The first-order valence-electron chi connectivity index (χ1n) is 4.80. The first-order chi connectivity index (χ1) is 7.90. The van der Waals surface area contributed by atoms with Crippen LogP contribution in [0.5, 0.6) is 0 Å². The quantitative estimate of drug-likeness (QED) is 0.704. The number of nitrogens with two attached hydrogens (primary N) is 1. The molecule has 0 aliphatic rings. The molecule has 0 radical (unpaired) electrons. The van der Waals surface area contributed by atoms with Crippen LogP contribution in [0.25, 0.3) is 0 Å². The van der Waals surface area contributed by atoms with Crippen LogP contribution in [0.15, 0.2) is 21.8 Å². The number of carbonyl (C=O) groups excluding carboxylic acids is 1. The molecule has 1 heterocycles. The summed E-state index contributed by atoms with van der Waals surface area (Å²) in [6.07, 6.45) is 1.02. The van der Waals surface area contributed by atoms with Crippen LogP contribution in [0.1, 0.15) is 17.3 Å². The van der Waals surface area contributed by atoms with Crippen LogP contribution >= 0.6 is 0 Å². The number of sulfonamides is 1. The number of furan rings is 1. The smallest absolute Gasteiger partial charge is 0.341 e. The van der Waals surface area contributed by atoms with Gasteiger partial charge in [-0.15, -0.1) is 0 Å². The van der Waals surface area contributed by atoms with Gasteiger partial charge in [-0.05, 0) is 6.92 Å². The van der Waals surface area contributed by atoms with Gasteiger partial charge in [0.25, 0.3) is 10.0 Å². The Morgan fingerprint density at radius 2 is 2.29 bits per heavy atom. The first kappa shape index (κ1) is 13.7. The Kier molecular flexibility index (Phi) is 4.27. The molecule has 0 saturated carbocycles. The largest absolute Gasteiger partial charge is 0.465 e. The highest BCUT2D eigenvalue weighted by molar-refractivity contribution is 7.89. The highest BCUT2D eigenvalue weighted by Gasteiger charge is 2.22. The monoisotopic (exact) mass is 262 g/mol. The molecule has 0 spiro atoms. The van der Waals surface area contributed by atoms with Crippen molar-refractivity contribution in [2.24, 2.45) is 5.73 Å². The Hall–Kier alpha value is -1.38. The van der Waals surface area contributed by atoms with Crippen molar-refractivity contribution >= 4 is 16.0 Å². The summed E-state index contributed by atoms with van der Waals surface area (Å²) >= 11 is 0. The molecule has 96 valence electrons. The van der Waals surface area contributed by atoms with E-state index in [1.807, 2.05) is 0 Å². The molecule has 0 amide bonds. The van der Waals surface area contributed by atoms with Crippen LogP contribution in [0.4, 0.5) is 0 Å². The number of rotatable bonds is 5. The maximum Gasteiger partial charge on any atom is 0.341 e. The molecule has 0 aliphatic heterocycles. The second kappa shape index (κ2) is 5.30. The molecule has 0 saturated heterocycles. The summed E-state index contributed by atoms with van der Waals surface area (Å²) in [5, 5.41) is -0.349. The summed E-state index contributed by atoms with van der Waals surface area (Å²) in [6, 6.07) is 0.670. The van der Waals surface area contributed by atoms with E-state index in [1.54, 1.807) is 6.92 Å². The van der Waals surface area contributed by atoms with Crippen molar-refractivity contribution in [1.82, 2.24) is 4.72 Å². The van der Waals surface area contributed by atoms with Crippen LogP contribution in [-0.2, 0) is 14.8 Å². The molecule has 1 atom stereocenters. The van der Waals surface area contributed by atoms with Crippen LogP contribution in [0.3, 0.4) is 0 Å². The first-order valence-corrected chi connectivity index (χ1v) is 6.28. The summed E-state index contributed by atoms with van der Waals surface area (Å²) in [7, 11) is -2.60. The molecule has 3 N–H and O–H groups in total. The van der Waals surface area contributed by atoms with E-state index in [-0.39, 0.29) is 17.2 Å². The topological polar surface area (TPSA) is 112 Å². The van der Waals surface area contributed by atoms with Gasteiger partial charge < -0.3 is 14.9 Å². The Bertz CT molecular complexity index is 493. The minimum Gasteiger partial charge on any atom is -0.465 e. The normalized spacial score (nSPS) is 13.4. The van der Waals surface area contributed by atoms with Crippen molar-refractivity contribution < 1.29 is 22.4 Å². The number of ether oxygens (including phenoxy) is 1. The minimum absolute atomic E-state index is 0.0354. The Labute approximate surface area is 99.0 Å². The average molecular weight is 262 g/mol. The van der Waals surface area contributed by atoms with Gasteiger partial charge in [0.15, 0.2) is 0 Å². The van der Waals surface area contributed by atoms with Crippen LogP contribution < -0.4 is 10.5 Å². The van der Waals surface area contributed by atoms with Gasteiger partial charge in [-0.3, -0.25) is 0 Å². The van der Waals surface area contributed by atoms with E-state index in [0.717, 1.165) is 12.3 Å². The van der Waals surface area contributed by atoms with E-state index in [0.29, 0.717) is 0 Å². The van der Waals surface area contributed by atoms with Crippen LogP contribution in [0, 0.1) is 0 Å². The fraction of sp³-hybridized carbons (Fsp3) is 0.444. The molecule has 0 aromatic carbocycles. The van der Waals surface area contributed by atoms with E-state index < -0.39 is 22.0 Å². The van der Waals surface area contributed by atoms with E-state index in [1.165, 1.54) is 7.11 Å². The van der Waals surface area contributed by atoms with Gasteiger partial charge in [0.1, 0.15) is 6.26 Å². The summed E-state index contributed by atoms with van der Waals surface area (Å²) in [4.78, 5) is 11.1. The van der Waals surface area contributed by atoms with Gasteiger partial charge in [-0.1, -0.05) is 0 Å². The highest BCUT2D eigenvalue weighted by Crippen LogP contribution is 2.14. The summed E-state index contributed by atoms with van der Waals surface area (Å²) < 4.78 is 35.0. The van der Waals surface area contributed by atoms with Crippen molar-refractivity contribution in [3.05, 3.63) is 17.9 Å². The lowest BCUT2D eigenvalue weighted by atomic mass is 10.3. The standard InChI is InChI=1S/C9H14N2O5S/c1-6(4-10)11-17(13,14)8-3-7(5-16-8)9(12)15-2/h3,5-6,11H,4,10H2,1-2H3/t6-/m0/s1. The molecule has 0 unspecified atom stereocenters. The number of carbonyl (C=O) groups is 1. The number of hydrogen-bond donors (Lipinski definition) is 2. The molecule has 1 rings (SSSR count). The predicted octanol–water partition coefficient (Wildman–Crippen LogP) is -0.308. The van der Waals surface area contributed by atoms with E-state index in [2.05, 4.69) is 9.46 Å². The number of hydrogen-bond acceptors (Lipinski definition) is 6. The fourth-order valence-electron chi connectivity index (χ4n) is 1.05. The van der Waals surface area contributed by atoms with Gasteiger partial charge in [-0.25, -0.2) is 17.9 Å². The van der Waals surface area contributed by atoms with Crippen molar-refractivity contribution in [1.29, 1.82) is 0 Å². The van der Waals surface area contributed by atoms with Gasteiger partial charge in [-0.2, -0.15) is 0 Å². The average Bonchev–Trinajstić information content (AvgIpc) is 2.77. The van der Waals surface area contributed by atoms with Crippen molar-refractivity contribution in [2.75, 3.05) is 13.7 Å². The zero-order valence-electron chi connectivity index (χ0n) is 9.47. The molecule has 1 aromatic rings. The number of esters is 1. The van der Waals surface area contributed by atoms with Crippen molar-refractivity contribution in [3.8, 4) is 0 Å². The van der Waals surface area contributed by atoms with E-state index >= 15 is 0 Å². The summed E-state index contributed by atoms with van der Waals surface area (Å²) in [5.41, 5.74) is 5.34. The van der Waals surface area contributed by atoms with Crippen LogP contribution in [0.2, 0.25) is 0 Å². The number of methoxy groups -OCH3 is 1. The molecule has 8 heteroatoms. The van der Waals surface area contributed by atoms with Crippen LogP contribution in [-0.4, -0.2) is 34.1 Å². The Morgan fingerprint density at radius 1 is 1.65 bits per heavy atom. The lowest BCUT2D eigenvalue weighted by molar-refractivity contribution is 0.0600. The molecule has 0 bridgehead atoms. The van der Waals surface area contributed by atoms with Crippen molar-refractivity contribution in [2.45, 2.75) is 18.1 Å². The lowest BCUT2D eigenvalue weighted by Gasteiger charge is -2.09. The summed E-state index contributed by atoms with van der Waals surface area (Å²) in [6.45, 7) is 1.77. The van der Waals surface area contributed by atoms with Gasteiger partial charge >= 0.3 is 5.97 Å². The molecule has 17 heavy (non-hydrogen) atoms. The molecular weight excluding hydrogens is 248 g/mol.